The lowest BCUT2D eigenvalue weighted by Gasteiger charge is -2.09. The topological polar surface area (TPSA) is 122 Å². The average molecular weight is 432 g/mol. The van der Waals surface area contributed by atoms with Crippen LogP contribution in [0, 0.1) is 0 Å². The van der Waals surface area contributed by atoms with Gasteiger partial charge in [0.2, 0.25) is 0 Å². The smallest absolute Gasteiger partial charge is 0.337 e. The van der Waals surface area contributed by atoms with Crippen LogP contribution in [-0.2, 0) is 4.74 Å². The van der Waals surface area contributed by atoms with Crippen LogP contribution < -0.4 is 10.6 Å². The number of ketones is 1. The van der Waals surface area contributed by atoms with Crippen molar-refractivity contribution in [2.75, 3.05) is 24.4 Å². The van der Waals surface area contributed by atoms with Crippen molar-refractivity contribution in [1.29, 1.82) is 0 Å². The maximum atomic E-state index is 12.4. The maximum Gasteiger partial charge on any atom is 0.337 e. The van der Waals surface area contributed by atoms with Gasteiger partial charge in [0, 0.05) is 28.1 Å². The summed E-state index contributed by atoms with van der Waals surface area (Å²) in [6.45, 7) is -0.590. The van der Waals surface area contributed by atoms with E-state index in [9.17, 15) is 19.2 Å². The van der Waals surface area contributed by atoms with Crippen LogP contribution in [0.5, 0.6) is 0 Å². The molecule has 0 saturated carbocycles. The predicted octanol–water partition coefficient (Wildman–Crippen LogP) is 3.15. The molecule has 0 bridgehead atoms. The van der Waals surface area contributed by atoms with Gasteiger partial charge in [0.05, 0.1) is 12.7 Å². The third kappa shape index (κ3) is 5.44. The molecule has 0 aliphatic rings. The quantitative estimate of drug-likeness (QED) is 0.389. The van der Waals surface area contributed by atoms with Gasteiger partial charge in [-0.3, -0.25) is 14.4 Å². The van der Waals surface area contributed by atoms with E-state index in [1.807, 2.05) is 0 Å². The van der Waals surface area contributed by atoms with E-state index in [4.69, 9.17) is 5.11 Å². The zero-order valence-corrected chi connectivity index (χ0v) is 17.1. The molecule has 0 aromatic heterocycles. The minimum atomic E-state index is -0.590. The fourth-order valence-corrected chi connectivity index (χ4v) is 2.82. The van der Waals surface area contributed by atoms with E-state index < -0.39 is 18.4 Å². The molecule has 3 aromatic rings. The number of rotatable bonds is 7. The van der Waals surface area contributed by atoms with Crippen molar-refractivity contribution < 1.29 is 29.0 Å². The Morgan fingerprint density at radius 2 is 1.03 bits per heavy atom. The van der Waals surface area contributed by atoms with Crippen molar-refractivity contribution in [3.63, 3.8) is 0 Å². The molecule has 8 nitrogen and oxygen atoms in total. The van der Waals surface area contributed by atoms with E-state index in [0.717, 1.165) is 0 Å². The van der Waals surface area contributed by atoms with Gasteiger partial charge in [0.25, 0.3) is 11.8 Å². The number of hydrogen-bond acceptors (Lipinski definition) is 6. The first-order valence-electron chi connectivity index (χ1n) is 9.56. The lowest BCUT2D eigenvalue weighted by Crippen LogP contribution is -2.14. The highest BCUT2D eigenvalue weighted by Gasteiger charge is 2.11. The van der Waals surface area contributed by atoms with Crippen LogP contribution in [0.25, 0.3) is 0 Å². The molecule has 32 heavy (non-hydrogen) atoms. The molecule has 3 aromatic carbocycles. The van der Waals surface area contributed by atoms with Gasteiger partial charge in [0.1, 0.15) is 6.61 Å². The summed E-state index contributed by atoms with van der Waals surface area (Å²) in [6.07, 6.45) is 0. The van der Waals surface area contributed by atoms with Crippen molar-refractivity contribution in [2.45, 2.75) is 0 Å². The van der Waals surface area contributed by atoms with E-state index in [-0.39, 0.29) is 11.8 Å². The number of carbonyl (C=O) groups is 4. The number of Topliss-reactive ketones (excluding diaryl/α,β-unsaturated/α-hetero) is 1. The molecule has 0 atom stereocenters. The highest BCUT2D eigenvalue weighted by atomic mass is 16.5. The number of anilines is 2. The van der Waals surface area contributed by atoms with Gasteiger partial charge in [-0.25, -0.2) is 4.79 Å². The summed E-state index contributed by atoms with van der Waals surface area (Å²) in [7, 11) is 1.28. The van der Waals surface area contributed by atoms with Crippen LogP contribution >= 0.6 is 0 Å². The number of nitrogens with one attached hydrogen (secondary N) is 2. The number of methoxy groups -OCH3 is 1. The number of esters is 1. The standard InChI is InChI=1S/C24H20N2O6/c1-32-24(31)18-8-6-17(7-9-18)23(30)26-20-12-10-19(11-13-20)25-22(29)16-4-2-15(3-5-16)21(28)14-27/h2-13,27H,14H2,1H3,(H,25,29)(H,26,30). The third-order valence-corrected chi connectivity index (χ3v) is 4.58. The molecule has 0 aliphatic heterocycles. The van der Waals surface area contributed by atoms with Gasteiger partial charge in [-0.15, -0.1) is 0 Å². The first kappa shape index (κ1) is 22.4. The van der Waals surface area contributed by atoms with E-state index in [1.54, 1.807) is 24.3 Å². The van der Waals surface area contributed by atoms with E-state index >= 15 is 0 Å². The summed E-state index contributed by atoms with van der Waals surface area (Å²) in [4.78, 5) is 47.6. The normalized spacial score (nSPS) is 10.2. The first-order chi connectivity index (χ1) is 15.4. The van der Waals surface area contributed by atoms with Gasteiger partial charge in [0.15, 0.2) is 5.78 Å². The molecule has 3 rings (SSSR count). The summed E-state index contributed by atoms with van der Waals surface area (Å²) >= 11 is 0. The Balaban J connectivity index is 1.59. The Hall–Kier alpha value is -4.30. The van der Waals surface area contributed by atoms with Crippen LogP contribution in [0.2, 0.25) is 0 Å². The predicted molar refractivity (Wildman–Crippen MR) is 118 cm³/mol. The SMILES string of the molecule is COC(=O)c1ccc(C(=O)Nc2ccc(NC(=O)c3ccc(C(=O)CO)cc3)cc2)cc1. The molecule has 8 heteroatoms. The zero-order chi connectivity index (χ0) is 23.1. The molecule has 0 spiro atoms. The van der Waals surface area contributed by atoms with Crippen LogP contribution in [0.1, 0.15) is 41.4 Å². The van der Waals surface area contributed by atoms with Gasteiger partial charge >= 0.3 is 5.97 Å². The van der Waals surface area contributed by atoms with Crippen LogP contribution in [0.4, 0.5) is 11.4 Å². The molecule has 0 radical (unpaired) electrons. The minimum Gasteiger partial charge on any atom is -0.465 e. The second kappa shape index (κ2) is 10.1. The number of benzene rings is 3. The van der Waals surface area contributed by atoms with E-state index in [0.29, 0.717) is 33.6 Å². The Bertz CT molecular complexity index is 1040. The summed E-state index contributed by atoms with van der Waals surface area (Å²) in [5.41, 5.74) is 2.44. The molecule has 3 N–H and O–H groups in total. The number of amides is 2. The van der Waals surface area contributed by atoms with Crippen LogP contribution in [-0.4, -0.2) is 42.4 Å². The van der Waals surface area contributed by atoms with Crippen molar-refractivity contribution in [3.8, 4) is 0 Å². The second-order valence-electron chi connectivity index (χ2n) is 6.71. The monoisotopic (exact) mass is 432 g/mol. The fraction of sp³-hybridized carbons (Fsp3) is 0.0833. The van der Waals surface area contributed by atoms with Gasteiger partial charge < -0.3 is 20.5 Å². The molecule has 162 valence electrons. The highest BCUT2D eigenvalue weighted by molar-refractivity contribution is 6.06. The van der Waals surface area contributed by atoms with Crippen molar-refractivity contribution in [2.24, 2.45) is 0 Å². The second-order valence-corrected chi connectivity index (χ2v) is 6.71. The van der Waals surface area contributed by atoms with Gasteiger partial charge in [-0.1, -0.05) is 12.1 Å². The molecule has 0 heterocycles. The molecule has 0 aliphatic carbocycles. The number of carbonyl (C=O) groups excluding carboxylic acids is 4. The maximum absolute atomic E-state index is 12.4. The molecular weight excluding hydrogens is 412 g/mol. The van der Waals surface area contributed by atoms with Crippen molar-refractivity contribution >= 4 is 34.9 Å². The largest absolute Gasteiger partial charge is 0.465 e. The van der Waals surface area contributed by atoms with E-state index in [2.05, 4.69) is 15.4 Å². The molecule has 0 fully saturated rings. The zero-order valence-electron chi connectivity index (χ0n) is 17.1. The number of aliphatic hydroxyl groups is 1. The molecule has 2 amide bonds. The molecule has 0 saturated heterocycles. The van der Waals surface area contributed by atoms with Crippen LogP contribution in [0.3, 0.4) is 0 Å². The first-order valence-corrected chi connectivity index (χ1v) is 9.56. The van der Waals surface area contributed by atoms with Gasteiger partial charge in [-0.05, 0) is 60.7 Å². The summed E-state index contributed by atoms with van der Waals surface area (Å²) in [5, 5.41) is 14.3. The molecular formula is C24H20N2O6. The highest BCUT2D eigenvalue weighted by Crippen LogP contribution is 2.16. The summed E-state index contributed by atoms with van der Waals surface area (Å²) in [5.74, 6) is -1.62. The Labute approximate surface area is 183 Å². The van der Waals surface area contributed by atoms with Crippen LogP contribution in [0.15, 0.2) is 72.8 Å². The lowest BCUT2D eigenvalue weighted by atomic mass is 10.1. The van der Waals surface area contributed by atoms with Crippen molar-refractivity contribution in [3.05, 3.63) is 95.1 Å². The van der Waals surface area contributed by atoms with E-state index in [1.165, 1.54) is 55.6 Å². The number of ether oxygens (including phenoxy) is 1. The average Bonchev–Trinajstić information content (AvgIpc) is 2.84. The fourth-order valence-electron chi connectivity index (χ4n) is 2.82. The number of hydrogen-bond donors (Lipinski definition) is 3. The minimum absolute atomic E-state index is 0.323. The van der Waals surface area contributed by atoms with Crippen molar-refractivity contribution in [1.82, 2.24) is 0 Å². The third-order valence-electron chi connectivity index (χ3n) is 4.58. The Morgan fingerprint density at radius 1 is 0.656 bits per heavy atom. The summed E-state index contributed by atoms with van der Waals surface area (Å²) < 4.78 is 4.63. The number of aliphatic hydroxyl groups excluding tert-OH is 1. The summed E-state index contributed by atoms with van der Waals surface area (Å²) in [6, 6.07) is 18.6. The lowest BCUT2D eigenvalue weighted by molar-refractivity contribution is 0.0600. The Kier molecular flexibility index (Phi) is 7.09. The Morgan fingerprint density at radius 3 is 1.41 bits per heavy atom. The van der Waals surface area contributed by atoms with Gasteiger partial charge in [-0.2, -0.15) is 0 Å². The molecule has 0 unspecified atom stereocenters.